The second-order valence-corrected chi connectivity index (χ2v) is 5.90. The van der Waals surface area contributed by atoms with Crippen LogP contribution >= 0.6 is 11.6 Å². The van der Waals surface area contributed by atoms with E-state index in [2.05, 4.69) is 4.90 Å². The number of urea groups is 1. The molecule has 2 rings (SSSR count). The SMILES string of the molecule is CC(c1ccccc1Cl)N1CCN(C(=O)NCC(F)(F)F)CC1. The van der Waals surface area contributed by atoms with Gasteiger partial charge in [-0.25, -0.2) is 4.79 Å². The highest BCUT2D eigenvalue weighted by atomic mass is 35.5. The van der Waals surface area contributed by atoms with Gasteiger partial charge in [-0.05, 0) is 18.6 Å². The Morgan fingerprint density at radius 3 is 2.43 bits per heavy atom. The molecule has 1 saturated heterocycles. The van der Waals surface area contributed by atoms with Gasteiger partial charge in [-0.15, -0.1) is 0 Å². The number of rotatable bonds is 3. The number of amides is 2. The third-order valence-electron chi connectivity index (χ3n) is 3.94. The van der Waals surface area contributed by atoms with Gasteiger partial charge in [0.2, 0.25) is 0 Å². The van der Waals surface area contributed by atoms with E-state index in [1.54, 1.807) is 0 Å². The highest BCUT2D eigenvalue weighted by Crippen LogP contribution is 2.27. The number of alkyl halides is 3. The second kappa shape index (κ2) is 7.40. The maximum atomic E-state index is 12.1. The molecule has 1 aliphatic heterocycles. The molecule has 1 aromatic rings. The predicted octanol–water partition coefficient (Wildman–Crippen LogP) is 3.29. The quantitative estimate of drug-likeness (QED) is 0.909. The van der Waals surface area contributed by atoms with Crippen molar-refractivity contribution in [3.63, 3.8) is 0 Å². The summed E-state index contributed by atoms with van der Waals surface area (Å²) in [5.74, 6) is 0. The molecule has 0 bridgehead atoms. The highest BCUT2D eigenvalue weighted by molar-refractivity contribution is 6.31. The normalized spacial score (nSPS) is 17.9. The van der Waals surface area contributed by atoms with Gasteiger partial charge in [-0.2, -0.15) is 13.2 Å². The molecule has 4 nitrogen and oxygen atoms in total. The maximum absolute atomic E-state index is 12.1. The molecule has 128 valence electrons. The van der Waals surface area contributed by atoms with Crippen LogP contribution < -0.4 is 5.32 Å². The number of nitrogens with zero attached hydrogens (tertiary/aromatic N) is 2. The first-order chi connectivity index (χ1) is 10.8. The van der Waals surface area contributed by atoms with Gasteiger partial charge in [-0.3, -0.25) is 4.90 Å². The van der Waals surface area contributed by atoms with E-state index in [0.717, 1.165) is 5.56 Å². The summed E-state index contributed by atoms with van der Waals surface area (Å²) < 4.78 is 36.4. The summed E-state index contributed by atoms with van der Waals surface area (Å²) in [5.41, 5.74) is 1.00. The fraction of sp³-hybridized carbons (Fsp3) is 0.533. The van der Waals surface area contributed by atoms with Crippen LogP contribution in [0.25, 0.3) is 0 Å². The Morgan fingerprint density at radius 2 is 1.87 bits per heavy atom. The number of carbonyl (C=O) groups excluding carboxylic acids is 1. The molecule has 0 radical (unpaired) electrons. The lowest BCUT2D eigenvalue weighted by Crippen LogP contribution is -2.53. The summed E-state index contributed by atoms with van der Waals surface area (Å²) in [6.45, 7) is 2.68. The number of carbonyl (C=O) groups is 1. The summed E-state index contributed by atoms with van der Waals surface area (Å²) in [7, 11) is 0. The first kappa shape index (κ1) is 17.9. The zero-order valence-corrected chi connectivity index (χ0v) is 13.5. The van der Waals surface area contributed by atoms with Crippen LogP contribution in [0.3, 0.4) is 0 Å². The minimum atomic E-state index is -4.39. The molecule has 0 aliphatic carbocycles. The van der Waals surface area contributed by atoms with Gasteiger partial charge in [0.15, 0.2) is 0 Å². The Kier molecular flexibility index (Phi) is 5.75. The van der Waals surface area contributed by atoms with E-state index in [-0.39, 0.29) is 6.04 Å². The molecule has 1 unspecified atom stereocenters. The van der Waals surface area contributed by atoms with Crippen molar-refractivity contribution in [1.82, 2.24) is 15.1 Å². The van der Waals surface area contributed by atoms with Crippen molar-refractivity contribution < 1.29 is 18.0 Å². The van der Waals surface area contributed by atoms with Crippen molar-refractivity contribution in [3.05, 3.63) is 34.9 Å². The number of benzene rings is 1. The number of piperazine rings is 1. The van der Waals surface area contributed by atoms with Gasteiger partial charge in [0.25, 0.3) is 0 Å². The van der Waals surface area contributed by atoms with E-state index in [9.17, 15) is 18.0 Å². The van der Waals surface area contributed by atoms with Crippen molar-refractivity contribution >= 4 is 17.6 Å². The van der Waals surface area contributed by atoms with Crippen LogP contribution in [-0.2, 0) is 0 Å². The molecule has 0 aromatic heterocycles. The largest absolute Gasteiger partial charge is 0.405 e. The van der Waals surface area contributed by atoms with E-state index in [1.165, 1.54) is 4.90 Å². The average Bonchev–Trinajstić information content (AvgIpc) is 2.52. The van der Waals surface area contributed by atoms with Crippen molar-refractivity contribution in [2.45, 2.75) is 19.1 Å². The Balaban J connectivity index is 1.86. The topological polar surface area (TPSA) is 35.6 Å². The first-order valence-corrected chi connectivity index (χ1v) is 7.74. The summed E-state index contributed by atoms with van der Waals surface area (Å²) in [6.07, 6.45) is -4.39. The molecular weight excluding hydrogens is 331 g/mol. The van der Waals surface area contributed by atoms with Crippen molar-refractivity contribution in [2.24, 2.45) is 0 Å². The monoisotopic (exact) mass is 349 g/mol. The minimum Gasteiger partial charge on any atom is -0.329 e. The van der Waals surface area contributed by atoms with Gasteiger partial charge < -0.3 is 10.2 Å². The van der Waals surface area contributed by atoms with Crippen LogP contribution in [0, 0.1) is 0 Å². The van der Waals surface area contributed by atoms with Gasteiger partial charge in [-0.1, -0.05) is 29.8 Å². The molecule has 1 atom stereocenters. The number of nitrogens with one attached hydrogen (secondary N) is 1. The molecule has 1 heterocycles. The lowest BCUT2D eigenvalue weighted by molar-refractivity contribution is -0.123. The summed E-state index contributed by atoms with van der Waals surface area (Å²) >= 11 is 6.19. The van der Waals surface area contributed by atoms with Crippen LogP contribution in [-0.4, -0.2) is 54.7 Å². The molecule has 1 aromatic carbocycles. The number of halogens is 4. The molecule has 23 heavy (non-hydrogen) atoms. The average molecular weight is 350 g/mol. The second-order valence-electron chi connectivity index (χ2n) is 5.49. The molecule has 1 fully saturated rings. The zero-order valence-electron chi connectivity index (χ0n) is 12.7. The highest BCUT2D eigenvalue weighted by Gasteiger charge is 2.30. The van der Waals surface area contributed by atoms with E-state index < -0.39 is 18.8 Å². The van der Waals surface area contributed by atoms with E-state index >= 15 is 0 Å². The van der Waals surface area contributed by atoms with E-state index in [0.29, 0.717) is 31.2 Å². The molecule has 2 amide bonds. The number of hydrogen-bond donors (Lipinski definition) is 1. The molecule has 0 spiro atoms. The first-order valence-electron chi connectivity index (χ1n) is 7.36. The smallest absolute Gasteiger partial charge is 0.329 e. The standard InChI is InChI=1S/C15H19ClF3N3O/c1-11(12-4-2-3-5-13(12)16)21-6-8-22(9-7-21)14(23)20-10-15(17,18)19/h2-5,11H,6-10H2,1H3,(H,20,23). The van der Waals surface area contributed by atoms with Crippen molar-refractivity contribution in [2.75, 3.05) is 32.7 Å². The Bertz CT molecular complexity index is 545. The summed E-state index contributed by atoms with van der Waals surface area (Å²) in [6, 6.07) is 6.97. The Morgan fingerprint density at radius 1 is 1.26 bits per heavy atom. The van der Waals surface area contributed by atoms with Gasteiger partial charge in [0.1, 0.15) is 6.54 Å². The predicted molar refractivity (Wildman–Crippen MR) is 82.5 cm³/mol. The minimum absolute atomic E-state index is 0.0871. The molecule has 8 heteroatoms. The lowest BCUT2D eigenvalue weighted by Gasteiger charge is -2.38. The number of hydrogen-bond acceptors (Lipinski definition) is 2. The van der Waals surface area contributed by atoms with Crippen LogP contribution in [0.1, 0.15) is 18.5 Å². The molecule has 1 N–H and O–H groups in total. The molecular formula is C15H19ClF3N3O. The summed E-state index contributed by atoms with van der Waals surface area (Å²) in [4.78, 5) is 15.3. The fourth-order valence-corrected chi connectivity index (χ4v) is 2.90. The maximum Gasteiger partial charge on any atom is 0.405 e. The Labute approximate surface area is 138 Å². The van der Waals surface area contributed by atoms with Crippen LogP contribution in [0.5, 0.6) is 0 Å². The third kappa shape index (κ3) is 5.00. The van der Waals surface area contributed by atoms with Crippen LogP contribution in [0.15, 0.2) is 24.3 Å². The van der Waals surface area contributed by atoms with Crippen molar-refractivity contribution in [3.8, 4) is 0 Å². The molecule has 1 aliphatic rings. The Hall–Kier alpha value is -1.47. The third-order valence-corrected chi connectivity index (χ3v) is 4.29. The van der Waals surface area contributed by atoms with Crippen molar-refractivity contribution in [1.29, 1.82) is 0 Å². The molecule has 0 saturated carbocycles. The fourth-order valence-electron chi connectivity index (χ4n) is 2.61. The van der Waals surface area contributed by atoms with Gasteiger partial charge in [0.05, 0.1) is 0 Å². The van der Waals surface area contributed by atoms with Crippen LogP contribution in [0.4, 0.5) is 18.0 Å². The lowest BCUT2D eigenvalue weighted by atomic mass is 10.1. The van der Waals surface area contributed by atoms with Gasteiger partial charge in [0, 0.05) is 37.2 Å². The van der Waals surface area contributed by atoms with Gasteiger partial charge >= 0.3 is 12.2 Å². The van der Waals surface area contributed by atoms with Crippen LogP contribution in [0.2, 0.25) is 5.02 Å². The zero-order chi connectivity index (χ0) is 17.0. The van der Waals surface area contributed by atoms with E-state index in [1.807, 2.05) is 36.5 Å². The summed E-state index contributed by atoms with van der Waals surface area (Å²) in [5, 5.41) is 2.59. The van der Waals surface area contributed by atoms with E-state index in [4.69, 9.17) is 11.6 Å².